The molecule has 1 saturated heterocycles. The summed E-state index contributed by atoms with van der Waals surface area (Å²) < 4.78 is 22.0. The second kappa shape index (κ2) is 13.0. The Hall–Kier alpha value is -4.21. The van der Waals surface area contributed by atoms with Crippen LogP contribution < -0.4 is 34.5 Å². The van der Waals surface area contributed by atoms with E-state index in [-0.39, 0.29) is 17.9 Å². The van der Waals surface area contributed by atoms with E-state index in [4.69, 9.17) is 23.9 Å². The van der Waals surface area contributed by atoms with Crippen molar-refractivity contribution in [1.29, 1.82) is 0 Å². The van der Waals surface area contributed by atoms with Gasteiger partial charge in [0, 0.05) is 43.7 Å². The number of aromatic nitrogens is 2. The van der Waals surface area contributed by atoms with Gasteiger partial charge in [-0.05, 0) is 50.5 Å². The molecule has 0 spiro atoms. The second-order valence-electron chi connectivity index (χ2n) is 9.59. The van der Waals surface area contributed by atoms with Crippen LogP contribution in [0.15, 0.2) is 48.7 Å². The molecule has 1 atom stereocenters. The van der Waals surface area contributed by atoms with Gasteiger partial charge in [0.1, 0.15) is 11.6 Å². The first kappa shape index (κ1) is 27.8. The first-order valence-electron chi connectivity index (χ1n) is 13.1. The average Bonchev–Trinajstić information content (AvgIpc) is 2.95. The summed E-state index contributed by atoms with van der Waals surface area (Å²) in [6, 6.07) is 13.3. The summed E-state index contributed by atoms with van der Waals surface area (Å²) in [5, 5.41) is 6.31. The van der Waals surface area contributed by atoms with E-state index in [2.05, 4.69) is 20.5 Å². The fraction of sp³-hybridized carbons (Fsp3) is 0.414. The third-order valence-electron chi connectivity index (χ3n) is 6.41. The average molecular weight is 536 g/mol. The molecule has 10 heteroatoms. The SMILES string of the molecule is COc1cc(Nc2nccc(N3CCCC(C(=O)NCc4cccc(OC(C)C)c4)C3)n2)cc(OC)c1OC. The van der Waals surface area contributed by atoms with Crippen molar-refractivity contribution >= 4 is 23.4 Å². The number of nitrogens with zero attached hydrogens (tertiary/aromatic N) is 3. The van der Waals surface area contributed by atoms with Gasteiger partial charge in [-0.1, -0.05) is 12.1 Å². The number of carbonyl (C=O) groups is 1. The van der Waals surface area contributed by atoms with Gasteiger partial charge >= 0.3 is 0 Å². The number of anilines is 3. The lowest BCUT2D eigenvalue weighted by Crippen LogP contribution is -2.43. The van der Waals surface area contributed by atoms with Crippen molar-refractivity contribution < 1.29 is 23.7 Å². The monoisotopic (exact) mass is 535 g/mol. The van der Waals surface area contributed by atoms with Gasteiger partial charge in [-0.25, -0.2) is 4.98 Å². The molecule has 4 rings (SSSR count). The van der Waals surface area contributed by atoms with Crippen molar-refractivity contribution in [3.63, 3.8) is 0 Å². The maximum Gasteiger partial charge on any atom is 0.229 e. The molecule has 1 aliphatic rings. The molecule has 0 bridgehead atoms. The maximum absolute atomic E-state index is 13.0. The molecule has 2 heterocycles. The van der Waals surface area contributed by atoms with Gasteiger partial charge in [-0.3, -0.25) is 4.79 Å². The summed E-state index contributed by atoms with van der Waals surface area (Å²) in [6.45, 7) is 5.85. The highest BCUT2D eigenvalue weighted by Gasteiger charge is 2.26. The standard InChI is InChI=1S/C29H37N5O5/c1-19(2)39-23-10-6-8-20(14-23)17-31-28(35)21-9-7-13-34(18-21)26-11-12-30-29(33-26)32-22-15-24(36-3)27(38-5)25(16-22)37-4/h6,8,10-12,14-16,19,21H,7,9,13,17-18H2,1-5H3,(H,31,35)(H,30,32,33). The van der Waals surface area contributed by atoms with E-state index in [1.54, 1.807) is 39.7 Å². The number of methoxy groups -OCH3 is 3. The molecule has 1 fully saturated rings. The Morgan fingerprint density at radius 3 is 2.54 bits per heavy atom. The summed E-state index contributed by atoms with van der Waals surface area (Å²) in [6.07, 6.45) is 3.54. The minimum Gasteiger partial charge on any atom is -0.493 e. The third-order valence-corrected chi connectivity index (χ3v) is 6.41. The Kier molecular flexibility index (Phi) is 9.30. The molecule has 208 valence electrons. The number of nitrogens with one attached hydrogen (secondary N) is 2. The topological polar surface area (TPSA) is 107 Å². The minimum absolute atomic E-state index is 0.0414. The summed E-state index contributed by atoms with van der Waals surface area (Å²) in [5.41, 5.74) is 1.70. The van der Waals surface area contributed by atoms with Crippen molar-refractivity contribution in [3.8, 4) is 23.0 Å². The van der Waals surface area contributed by atoms with Crippen molar-refractivity contribution in [2.75, 3.05) is 44.6 Å². The number of amides is 1. The van der Waals surface area contributed by atoms with Crippen LogP contribution in [0.5, 0.6) is 23.0 Å². The number of rotatable bonds is 11. The highest BCUT2D eigenvalue weighted by molar-refractivity contribution is 5.79. The van der Waals surface area contributed by atoms with E-state index < -0.39 is 0 Å². The van der Waals surface area contributed by atoms with E-state index in [0.717, 1.165) is 36.5 Å². The molecule has 2 N–H and O–H groups in total. The zero-order valence-electron chi connectivity index (χ0n) is 23.2. The molecule has 1 aromatic heterocycles. The van der Waals surface area contributed by atoms with E-state index in [9.17, 15) is 4.79 Å². The van der Waals surface area contributed by atoms with Crippen LogP contribution in [-0.4, -0.2) is 56.4 Å². The lowest BCUT2D eigenvalue weighted by atomic mass is 9.97. The third kappa shape index (κ3) is 7.22. The predicted octanol–water partition coefficient (Wildman–Crippen LogP) is 4.57. The van der Waals surface area contributed by atoms with Gasteiger partial charge < -0.3 is 34.5 Å². The van der Waals surface area contributed by atoms with Crippen molar-refractivity contribution in [1.82, 2.24) is 15.3 Å². The maximum atomic E-state index is 13.0. The van der Waals surface area contributed by atoms with Crippen molar-refractivity contribution in [2.24, 2.45) is 5.92 Å². The van der Waals surface area contributed by atoms with Crippen LogP contribution in [0.4, 0.5) is 17.5 Å². The zero-order valence-corrected chi connectivity index (χ0v) is 23.2. The van der Waals surface area contributed by atoms with Crippen molar-refractivity contribution in [2.45, 2.75) is 39.3 Å². The molecule has 10 nitrogen and oxygen atoms in total. The number of benzene rings is 2. The Morgan fingerprint density at radius 2 is 1.85 bits per heavy atom. The van der Waals surface area contributed by atoms with Gasteiger partial charge in [0.2, 0.25) is 17.6 Å². The van der Waals surface area contributed by atoms with Gasteiger partial charge in [0.05, 0.1) is 33.4 Å². The van der Waals surface area contributed by atoms with Crippen molar-refractivity contribution in [3.05, 3.63) is 54.2 Å². The molecule has 1 unspecified atom stereocenters. The molecular formula is C29H37N5O5. The number of ether oxygens (including phenoxy) is 4. The lowest BCUT2D eigenvalue weighted by Gasteiger charge is -2.33. The van der Waals surface area contributed by atoms with Crippen LogP contribution in [0.1, 0.15) is 32.3 Å². The van der Waals surface area contributed by atoms with E-state index >= 15 is 0 Å². The quantitative estimate of drug-likeness (QED) is 0.365. The van der Waals surface area contributed by atoms with Gasteiger partial charge in [0.25, 0.3) is 0 Å². The molecule has 0 radical (unpaired) electrons. The van der Waals surface area contributed by atoms with Crippen LogP contribution >= 0.6 is 0 Å². The Morgan fingerprint density at radius 1 is 1.08 bits per heavy atom. The molecule has 3 aromatic rings. The summed E-state index contributed by atoms with van der Waals surface area (Å²) >= 11 is 0. The van der Waals surface area contributed by atoms with Crippen LogP contribution in [0, 0.1) is 5.92 Å². The van der Waals surface area contributed by atoms with E-state index in [1.807, 2.05) is 44.2 Å². The highest BCUT2D eigenvalue weighted by atomic mass is 16.5. The number of carbonyl (C=O) groups excluding carboxylic acids is 1. The number of hydrogen-bond donors (Lipinski definition) is 2. The van der Waals surface area contributed by atoms with Crippen LogP contribution in [-0.2, 0) is 11.3 Å². The van der Waals surface area contributed by atoms with Crippen LogP contribution in [0.2, 0.25) is 0 Å². The molecule has 0 aliphatic carbocycles. The van der Waals surface area contributed by atoms with Crippen LogP contribution in [0.25, 0.3) is 0 Å². The van der Waals surface area contributed by atoms with Gasteiger partial charge in [0.15, 0.2) is 11.5 Å². The first-order valence-corrected chi connectivity index (χ1v) is 13.1. The highest BCUT2D eigenvalue weighted by Crippen LogP contribution is 2.40. The Bertz CT molecular complexity index is 1240. The predicted molar refractivity (Wildman–Crippen MR) is 150 cm³/mol. The molecule has 0 saturated carbocycles. The lowest BCUT2D eigenvalue weighted by molar-refractivity contribution is -0.125. The normalized spacial score (nSPS) is 15.0. The first-order chi connectivity index (χ1) is 18.9. The largest absolute Gasteiger partial charge is 0.493 e. The molecule has 1 amide bonds. The summed E-state index contributed by atoms with van der Waals surface area (Å²) in [4.78, 5) is 24.3. The number of hydrogen-bond acceptors (Lipinski definition) is 9. The summed E-state index contributed by atoms with van der Waals surface area (Å²) in [5.74, 6) is 3.47. The summed E-state index contributed by atoms with van der Waals surface area (Å²) in [7, 11) is 4.70. The molecule has 1 aliphatic heterocycles. The van der Waals surface area contributed by atoms with E-state index in [1.165, 1.54) is 0 Å². The Labute approximate surface area is 229 Å². The zero-order chi connectivity index (χ0) is 27.8. The fourth-order valence-electron chi connectivity index (χ4n) is 4.60. The molecular weight excluding hydrogens is 498 g/mol. The number of piperidine rings is 1. The Balaban J connectivity index is 1.40. The minimum atomic E-state index is -0.129. The second-order valence-corrected chi connectivity index (χ2v) is 9.59. The fourth-order valence-corrected chi connectivity index (χ4v) is 4.60. The van der Waals surface area contributed by atoms with Gasteiger partial charge in [-0.15, -0.1) is 0 Å². The molecule has 2 aromatic carbocycles. The smallest absolute Gasteiger partial charge is 0.229 e. The van der Waals surface area contributed by atoms with Crippen LogP contribution in [0.3, 0.4) is 0 Å². The van der Waals surface area contributed by atoms with E-state index in [0.29, 0.717) is 42.0 Å². The van der Waals surface area contributed by atoms with Gasteiger partial charge in [-0.2, -0.15) is 4.98 Å². The molecule has 39 heavy (non-hydrogen) atoms.